The van der Waals surface area contributed by atoms with Crippen molar-refractivity contribution in [3.8, 4) is 22.6 Å². The van der Waals surface area contributed by atoms with Gasteiger partial charge in [-0.15, -0.1) is 0 Å². The SMILES string of the molecule is CO[C@@H]1c2c(c(C(=O)CC(C)C)c(O)c3c(-c4ccccc4)cc(=O)oc23)OC1(O)C(C)(C)O. The molecule has 0 saturated carbocycles. The molecule has 0 bridgehead atoms. The summed E-state index contributed by atoms with van der Waals surface area (Å²) in [6, 6.07) is 10.1. The number of phenols is 1. The number of aliphatic hydroxyl groups is 2. The number of ether oxygens (including phenoxy) is 2. The first-order chi connectivity index (χ1) is 15.9. The van der Waals surface area contributed by atoms with Crippen molar-refractivity contribution in [3.05, 3.63) is 57.9 Å². The molecule has 2 atom stereocenters. The van der Waals surface area contributed by atoms with Crippen molar-refractivity contribution in [1.82, 2.24) is 0 Å². The molecule has 2 heterocycles. The van der Waals surface area contributed by atoms with Crippen LogP contribution in [0.25, 0.3) is 22.1 Å². The first-order valence-electron chi connectivity index (χ1n) is 11.0. The maximum atomic E-state index is 13.3. The molecular weight excluding hydrogens is 440 g/mol. The molecule has 0 aliphatic carbocycles. The number of carbonyl (C=O) groups excluding carboxylic acids is 1. The molecule has 8 nitrogen and oxygen atoms in total. The normalized spacial score (nSPS) is 19.9. The van der Waals surface area contributed by atoms with E-state index in [1.54, 1.807) is 24.3 Å². The molecule has 3 aromatic rings. The molecule has 3 N–H and O–H groups in total. The number of fused-ring (bicyclic) bond motifs is 3. The molecule has 180 valence electrons. The van der Waals surface area contributed by atoms with E-state index in [9.17, 15) is 24.9 Å². The average molecular weight is 469 g/mol. The third-order valence-electron chi connectivity index (χ3n) is 6.10. The van der Waals surface area contributed by atoms with Gasteiger partial charge in [0, 0.05) is 25.2 Å². The number of benzene rings is 2. The third kappa shape index (κ3) is 3.58. The monoisotopic (exact) mass is 468 g/mol. The number of carbonyl (C=O) groups is 1. The van der Waals surface area contributed by atoms with Gasteiger partial charge in [-0.25, -0.2) is 4.79 Å². The summed E-state index contributed by atoms with van der Waals surface area (Å²) in [4.78, 5) is 25.9. The van der Waals surface area contributed by atoms with Crippen LogP contribution in [0.5, 0.6) is 11.5 Å². The Morgan fingerprint density at radius 2 is 1.88 bits per heavy atom. The molecule has 0 fully saturated rings. The van der Waals surface area contributed by atoms with Crippen molar-refractivity contribution < 1.29 is 34.0 Å². The van der Waals surface area contributed by atoms with Crippen LogP contribution in [0, 0.1) is 5.92 Å². The molecule has 1 aliphatic rings. The second kappa shape index (κ2) is 8.23. The predicted molar refractivity (Wildman–Crippen MR) is 125 cm³/mol. The topological polar surface area (TPSA) is 126 Å². The second-order valence-corrected chi connectivity index (χ2v) is 9.51. The van der Waals surface area contributed by atoms with Crippen LogP contribution in [0.2, 0.25) is 0 Å². The van der Waals surface area contributed by atoms with Crippen LogP contribution in [0.1, 0.15) is 56.1 Å². The van der Waals surface area contributed by atoms with Gasteiger partial charge < -0.3 is 29.2 Å². The summed E-state index contributed by atoms with van der Waals surface area (Å²) in [5, 5.41) is 33.7. The van der Waals surface area contributed by atoms with Gasteiger partial charge in [0.1, 0.15) is 22.7 Å². The molecule has 0 spiro atoms. The summed E-state index contributed by atoms with van der Waals surface area (Å²) in [5.41, 5.74) is -1.78. The molecule has 34 heavy (non-hydrogen) atoms. The van der Waals surface area contributed by atoms with E-state index in [2.05, 4.69) is 0 Å². The minimum absolute atomic E-state index is 0.0339. The number of hydrogen-bond donors (Lipinski definition) is 3. The van der Waals surface area contributed by atoms with E-state index in [0.29, 0.717) is 11.1 Å². The number of hydrogen-bond acceptors (Lipinski definition) is 8. The fourth-order valence-corrected chi connectivity index (χ4v) is 4.44. The Balaban J connectivity index is 2.19. The van der Waals surface area contributed by atoms with Crippen LogP contribution in [0.3, 0.4) is 0 Å². The van der Waals surface area contributed by atoms with E-state index in [4.69, 9.17) is 13.9 Å². The number of Topliss-reactive ketones (excluding diaryl/α,β-unsaturated/α-hetero) is 1. The molecule has 0 amide bonds. The zero-order valence-corrected chi connectivity index (χ0v) is 19.7. The van der Waals surface area contributed by atoms with Crippen LogP contribution >= 0.6 is 0 Å². The lowest BCUT2D eigenvalue weighted by Crippen LogP contribution is -2.56. The molecule has 1 unspecified atom stereocenters. The van der Waals surface area contributed by atoms with Gasteiger partial charge in [-0.3, -0.25) is 4.79 Å². The minimum atomic E-state index is -2.33. The highest BCUT2D eigenvalue weighted by molar-refractivity contribution is 6.11. The number of phenolic OH excluding ortho intramolecular Hbond substituents is 1. The summed E-state index contributed by atoms with van der Waals surface area (Å²) >= 11 is 0. The van der Waals surface area contributed by atoms with E-state index in [1.165, 1.54) is 27.0 Å². The summed E-state index contributed by atoms with van der Waals surface area (Å²) in [6.07, 6.45) is -1.24. The molecule has 8 heteroatoms. The summed E-state index contributed by atoms with van der Waals surface area (Å²) < 4.78 is 16.9. The summed E-state index contributed by atoms with van der Waals surface area (Å²) in [5.74, 6) is -3.41. The van der Waals surface area contributed by atoms with Crippen molar-refractivity contribution in [1.29, 1.82) is 0 Å². The van der Waals surface area contributed by atoms with Crippen molar-refractivity contribution in [2.45, 2.75) is 51.6 Å². The van der Waals surface area contributed by atoms with Crippen LogP contribution in [-0.2, 0) is 4.74 Å². The van der Waals surface area contributed by atoms with Crippen molar-refractivity contribution >= 4 is 16.8 Å². The Labute approximate surface area is 196 Å². The molecule has 1 aromatic heterocycles. The highest BCUT2D eigenvalue weighted by Gasteiger charge is 2.60. The van der Waals surface area contributed by atoms with Gasteiger partial charge in [-0.05, 0) is 25.3 Å². The fourth-order valence-electron chi connectivity index (χ4n) is 4.44. The van der Waals surface area contributed by atoms with Gasteiger partial charge in [0.2, 0.25) is 0 Å². The lowest BCUT2D eigenvalue weighted by atomic mass is 9.87. The van der Waals surface area contributed by atoms with E-state index in [-0.39, 0.29) is 40.2 Å². The maximum Gasteiger partial charge on any atom is 0.336 e. The maximum absolute atomic E-state index is 13.3. The van der Waals surface area contributed by atoms with Gasteiger partial charge >= 0.3 is 5.63 Å². The van der Waals surface area contributed by atoms with E-state index in [0.717, 1.165) is 0 Å². The van der Waals surface area contributed by atoms with Crippen LogP contribution in [0.15, 0.2) is 45.6 Å². The molecule has 0 saturated heterocycles. The molecule has 4 rings (SSSR count). The van der Waals surface area contributed by atoms with Gasteiger partial charge in [-0.2, -0.15) is 0 Å². The molecule has 0 radical (unpaired) electrons. The fraction of sp³-hybridized carbons (Fsp3) is 0.385. The lowest BCUT2D eigenvalue weighted by Gasteiger charge is -2.37. The minimum Gasteiger partial charge on any atom is -0.506 e. The molecule has 2 aromatic carbocycles. The Bertz CT molecular complexity index is 1320. The standard InChI is InChI=1S/C26H28O8/c1-13(2)11-16(27)19-21(29)18-15(14-9-7-6-8-10-14)12-17(28)33-22(18)20-23(19)34-26(31,24(20)32-5)25(3,4)30/h6-10,12-13,24,29-31H,11H2,1-5H3/t24-,26?/m1/s1. The smallest absolute Gasteiger partial charge is 0.336 e. The highest BCUT2D eigenvalue weighted by Crippen LogP contribution is 2.56. The zero-order chi connectivity index (χ0) is 25.0. The van der Waals surface area contributed by atoms with Gasteiger partial charge in [0.05, 0.1) is 10.9 Å². The van der Waals surface area contributed by atoms with Crippen molar-refractivity contribution in [2.75, 3.05) is 7.11 Å². The number of methoxy groups -OCH3 is 1. The Hall–Kier alpha value is -3.20. The van der Waals surface area contributed by atoms with Gasteiger partial charge in [0.15, 0.2) is 17.5 Å². The van der Waals surface area contributed by atoms with E-state index in [1.807, 2.05) is 19.9 Å². The predicted octanol–water partition coefficient (Wildman–Crippen LogP) is 3.93. The van der Waals surface area contributed by atoms with Crippen molar-refractivity contribution in [3.63, 3.8) is 0 Å². The van der Waals surface area contributed by atoms with Crippen molar-refractivity contribution in [2.24, 2.45) is 5.92 Å². The van der Waals surface area contributed by atoms with Crippen LogP contribution < -0.4 is 10.4 Å². The summed E-state index contributed by atoms with van der Waals surface area (Å²) in [6.45, 7) is 6.37. The number of rotatable bonds is 6. The molecular formula is C26H28O8. The first kappa shape index (κ1) is 23.9. The number of ketones is 1. The van der Waals surface area contributed by atoms with Gasteiger partial charge in [-0.1, -0.05) is 44.2 Å². The molecule has 1 aliphatic heterocycles. The second-order valence-electron chi connectivity index (χ2n) is 9.51. The summed E-state index contributed by atoms with van der Waals surface area (Å²) in [7, 11) is 1.30. The number of aromatic hydroxyl groups is 1. The van der Waals surface area contributed by atoms with E-state index >= 15 is 0 Å². The Kier molecular flexibility index (Phi) is 5.80. The largest absolute Gasteiger partial charge is 0.506 e. The van der Waals surface area contributed by atoms with Crippen LogP contribution in [0.4, 0.5) is 0 Å². The zero-order valence-electron chi connectivity index (χ0n) is 19.7. The Morgan fingerprint density at radius 3 is 2.44 bits per heavy atom. The van der Waals surface area contributed by atoms with Gasteiger partial charge in [0.25, 0.3) is 5.79 Å². The Morgan fingerprint density at radius 1 is 1.24 bits per heavy atom. The quantitative estimate of drug-likeness (QED) is 0.367. The van der Waals surface area contributed by atoms with E-state index < -0.39 is 34.7 Å². The third-order valence-corrected chi connectivity index (χ3v) is 6.10. The first-order valence-corrected chi connectivity index (χ1v) is 11.0. The highest BCUT2D eigenvalue weighted by atomic mass is 16.7. The lowest BCUT2D eigenvalue weighted by molar-refractivity contribution is -0.282. The van der Waals surface area contributed by atoms with Crippen LogP contribution in [-0.4, -0.2) is 39.6 Å². The average Bonchev–Trinajstić information content (AvgIpc) is 3.06.